The van der Waals surface area contributed by atoms with Crippen molar-refractivity contribution in [3.05, 3.63) is 0 Å². The summed E-state index contributed by atoms with van der Waals surface area (Å²) in [5, 5.41) is 0. The molecule has 0 heterocycles. The highest BCUT2D eigenvalue weighted by Crippen LogP contribution is 2.55. The van der Waals surface area contributed by atoms with E-state index in [-0.39, 0.29) is 0 Å². The molecule has 0 spiro atoms. The second-order valence-electron chi connectivity index (χ2n) is 5.14. The lowest BCUT2D eigenvalue weighted by molar-refractivity contribution is -0.0297. The van der Waals surface area contributed by atoms with E-state index in [4.69, 9.17) is 0 Å². The molecule has 0 aliphatic heterocycles. The molecule has 2 atom stereocenters. The summed E-state index contributed by atoms with van der Waals surface area (Å²) in [7, 11) is 0. The molecule has 0 heteroatoms. The Morgan fingerprint density at radius 3 is 2.00 bits per heavy atom. The molecule has 3 rings (SSSR count). The monoisotopic (exact) mass is 152 g/mol. The van der Waals surface area contributed by atoms with Crippen LogP contribution in [-0.2, 0) is 0 Å². The molecule has 0 aromatic carbocycles. The van der Waals surface area contributed by atoms with Gasteiger partial charge in [-0.3, -0.25) is 0 Å². The van der Waals surface area contributed by atoms with Gasteiger partial charge in [-0.1, -0.05) is 20.8 Å². The molecular formula is C11H20. The van der Waals surface area contributed by atoms with Crippen molar-refractivity contribution in [2.24, 2.45) is 23.2 Å². The largest absolute Gasteiger partial charge is 0.0620 e. The quantitative estimate of drug-likeness (QED) is 0.498. The Hall–Kier alpha value is 0. The number of hydrogen-bond donors (Lipinski definition) is 0. The first-order chi connectivity index (χ1) is 5.13. The molecule has 3 saturated carbocycles. The van der Waals surface area contributed by atoms with E-state index in [0.29, 0.717) is 5.41 Å². The molecule has 3 aliphatic carbocycles. The molecule has 0 aromatic heterocycles. The van der Waals surface area contributed by atoms with Gasteiger partial charge in [0.05, 0.1) is 0 Å². The molecule has 2 bridgehead atoms. The molecule has 3 fully saturated rings. The van der Waals surface area contributed by atoms with E-state index in [0.717, 1.165) is 17.8 Å². The molecule has 64 valence electrons. The molecule has 1 unspecified atom stereocenters. The van der Waals surface area contributed by atoms with Gasteiger partial charge >= 0.3 is 0 Å². The maximum atomic E-state index is 2.50. The van der Waals surface area contributed by atoms with Crippen LogP contribution in [0, 0.1) is 23.2 Å². The molecule has 0 amide bonds. The van der Waals surface area contributed by atoms with E-state index in [1.165, 1.54) is 25.7 Å². The van der Waals surface area contributed by atoms with Crippen molar-refractivity contribution in [1.29, 1.82) is 0 Å². The van der Waals surface area contributed by atoms with Gasteiger partial charge in [0.25, 0.3) is 0 Å². The van der Waals surface area contributed by atoms with Gasteiger partial charge in [-0.05, 0) is 48.9 Å². The Labute approximate surface area is 70.4 Å². The first kappa shape index (κ1) is 7.64. The van der Waals surface area contributed by atoms with E-state index >= 15 is 0 Å². The van der Waals surface area contributed by atoms with Crippen LogP contribution in [0.15, 0.2) is 0 Å². The van der Waals surface area contributed by atoms with Crippen molar-refractivity contribution in [2.75, 3.05) is 0 Å². The summed E-state index contributed by atoms with van der Waals surface area (Å²) in [6.45, 7) is 7.44. The number of rotatable bonds is 0. The summed E-state index contributed by atoms with van der Waals surface area (Å²) in [6.07, 6.45) is 6.04. The minimum Gasteiger partial charge on any atom is -0.0620 e. The van der Waals surface area contributed by atoms with Crippen molar-refractivity contribution in [3.8, 4) is 0 Å². The van der Waals surface area contributed by atoms with Gasteiger partial charge in [-0.2, -0.15) is 0 Å². The predicted octanol–water partition coefficient (Wildman–Crippen LogP) is 3.47. The summed E-state index contributed by atoms with van der Waals surface area (Å²) < 4.78 is 0. The average Bonchev–Trinajstić information content (AvgIpc) is 2.01. The smallest absolute Gasteiger partial charge is 0.0297 e. The van der Waals surface area contributed by atoms with Crippen LogP contribution >= 0.6 is 0 Å². The van der Waals surface area contributed by atoms with Crippen molar-refractivity contribution in [1.82, 2.24) is 0 Å². The molecule has 3 aliphatic rings. The fraction of sp³-hybridized carbons (Fsp3) is 1.00. The Morgan fingerprint density at radius 1 is 1.09 bits per heavy atom. The maximum Gasteiger partial charge on any atom is -0.0297 e. The predicted molar refractivity (Wildman–Crippen MR) is 48.4 cm³/mol. The van der Waals surface area contributed by atoms with E-state index in [9.17, 15) is 0 Å². The molecule has 0 radical (unpaired) electrons. The van der Waals surface area contributed by atoms with E-state index < -0.39 is 0 Å². The summed E-state index contributed by atoms with van der Waals surface area (Å²) >= 11 is 0. The minimum atomic E-state index is 0.716. The number of hydrogen-bond acceptors (Lipinski definition) is 0. The van der Waals surface area contributed by atoms with Crippen LogP contribution in [0.4, 0.5) is 0 Å². The summed E-state index contributed by atoms with van der Waals surface area (Å²) in [6, 6.07) is 0. The van der Waals surface area contributed by atoms with Crippen LogP contribution in [0.2, 0.25) is 0 Å². The lowest BCUT2D eigenvalue weighted by atomic mass is 9.52. The van der Waals surface area contributed by atoms with Gasteiger partial charge in [0, 0.05) is 0 Å². The first-order valence-corrected chi connectivity index (χ1v) is 5.13. The van der Waals surface area contributed by atoms with Crippen LogP contribution in [0.5, 0.6) is 0 Å². The number of fused-ring (bicyclic) bond motifs is 3. The molecule has 0 saturated heterocycles. The van der Waals surface area contributed by atoms with Gasteiger partial charge in [-0.25, -0.2) is 0 Å². The van der Waals surface area contributed by atoms with E-state index in [1.54, 1.807) is 0 Å². The second-order valence-corrected chi connectivity index (χ2v) is 5.14. The molecule has 11 heavy (non-hydrogen) atoms. The lowest BCUT2D eigenvalue weighted by Gasteiger charge is -2.53. The summed E-state index contributed by atoms with van der Waals surface area (Å²) in [4.78, 5) is 0. The fourth-order valence-corrected chi connectivity index (χ4v) is 3.32. The van der Waals surface area contributed by atoms with Crippen molar-refractivity contribution < 1.29 is 0 Å². The zero-order chi connectivity index (χ0) is 8.06. The van der Waals surface area contributed by atoms with Gasteiger partial charge in [0.1, 0.15) is 0 Å². The van der Waals surface area contributed by atoms with Crippen molar-refractivity contribution in [3.63, 3.8) is 0 Å². The Morgan fingerprint density at radius 2 is 1.64 bits per heavy atom. The molecule has 0 aromatic rings. The Balaban J connectivity index is 2.23. The van der Waals surface area contributed by atoms with Gasteiger partial charge < -0.3 is 0 Å². The molecular weight excluding hydrogens is 132 g/mol. The Kier molecular flexibility index (Phi) is 1.56. The fourth-order valence-electron chi connectivity index (χ4n) is 3.32. The van der Waals surface area contributed by atoms with Crippen LogP contribution < -0.4 is 0 Å². The standard InChI is InChI=1S/C11H20/c1-8-9(2)11(3)6-4-10(8)5-7-11/h8-10H,4-7H2,1-3H3/t8?,9-,10?,11?/m0/s1. The highest BCUT2D eigenvalue weighted by molar-refractivity contribution is 4.96. The zero-order valence-corrected chi connectivity index (χ0v) is 8.06. The summed E-state index contributed by atoms with van der Waals surface area (Å²) in [5.41, 5.74) is 0.716. The second kappa shape index (κ2) is 2.24. The third-order valence-corrected chi connectivity index (χ3v) is 4.80. The van der Waals surface area contributed by atoms with Crippen molar-refractivity contribution in [2.45, 2.75) is 46.5 Å². The van der Waals surface area contributed by atoms with Gasteiger partial charge in [0.2, 0.25) is 0 Å². The van der Waals surface area contributed by atoms with E-state index in [2.05, 4.69) is 20.8 Å². The Bertz CT molecular complexity index is 151. The highest BCUT2D eigenvalue weighted by atomic mass is 14.5. The topological polar surface area (TPSA) is 0 Å². The molecule has 0 N–H and O–H groups in total. The lowest BCUT2D eigenvalue weighted by Crippen LogP contribution is -2.44. The maximum absolute atomic E-state index is 2.50. The minimum absolute atomic E-state index is 0.716. The third-order valence-electron chi connectivity index (χ3n) is 4.80. The normalized spacial score (nSPS) is 56.5. The summed E-state index contributed by atoms with van der Waals surface area (Å²) in [5.74, 6) is 3.06. The van der Waals surface area contributed by atoms with Crippen LogP contribution in [-0.4, -0.2) is 0 Å². The van der Waals surface area contributed by atoms with Gasteiger partial charge in [-0.15, -0.1) is 0 Å². The SMILES string of the molecule is CC1C2CCC(C)(CC2)[C@H]1C. The highest BCUT2D eigenvalue weighted by Gasteiger charge is 2.46. The van der Waals surface area contributed by atoms with Crippen LogP contribution in [0.3, 0.4) is 0 Å². The van der Waals surface area contributed by atoms with Crippen LogP contribution in [0.25, 0.3) is 0 Å². The third kappa shape index (κ3) is 0.947. The average molecular weight is 152 g/mol. The van der Waals surface area contributed by atoms with Gasteiger partial charge in [0.15, 0.2) is 0 Å². The van der Waals surface area contributed by atoms with E-state index in [1.807, 2.05) is 0 Å². The van der Waals surface area contributed by atoms with Crippen molar-refractivity contribution >= 4 is 0 Å². The molecule has 0 nitrogen and oxygen atoms in total. The van der Waals surface area contributed by atoms with Crippen LogP contribution in [0.1, 0.15) is 46.5 Å². The first-order valence-electron chi connectivity index (χ1n) is 5.13. The zero-order valence-electron chi connectivity index (χ0n) is 8.06.